The largest absolute Gasteiger partial charge is 0.472 e. The van der Waals surface area contributed by atoms with Crippen molar-refractivity contribution in [1.29, 1.82) is 0 Å². The molecule has 0 saturated carbocycles. The van der Waals surface area contributed by atoms with Gasteiger partial charge in [-0.3, -0.25) is 23.4 Å². The molecule has 61 heavy (non-hydrogen) atoms. The Morgan fingerprint density at radius 3 is 1.59 bits per heavy atom. The highest BCUT2D eigenvalue weighted by atomic mass is 31.2. The molecule has 0 fully saturated rings. The highest BCUT2D eigenvalue weighted by molar-refractivity contribution is 7.47. The number of hydrogen-bond donors (Lipinski definition) is 1. The number of phosphoric ester groups is 1. The smallest absolute Gasteiger partial charge is 0.462 e. The molecule has 0 spiro atoms. The summed E-state index contributed by atoms with van der Waals surface area (Å²) < 4.78 is 34.3. The Kier molecular flexibility index (Phi) is 40.0. The van der Waals surface area contributed by atoms with Gasteiger partial charge in [-0.05, 0) is 44.6 Å². The van der Waals surface area contributed by atoms with Crippen LogP contribution in [0.25, 0.3) is 0 Å². The van der Waals surface area contributed by atoms with Gasteiger partial charge in [-0.15, -0.1) is 0 Å². The van der Waals surface area contributed by atoms with Gasteiger partial charge in [0.2, 0.25) is 0 Å². The maximum atomic E-state index is 12.7. The number of allylic oxidation sites excluding steroid dienone is 8. The molecule has 10 nitrogen and oxygen atoms in total. The van der Waals surface area contributed by atoms with Crippen LogP contribution in [0.15, 0.2) is 48.6 Å². The Hall–Kier alpha value is -2.36. The van der Waals surface area contributed by atoms with E-state index in [1.54, 1.807) is 12.2 Å². The number of unbranched alkanes of at least 4 members (excludes halogenated alkanes) is 21. The summed E-state index contributed by atoms with van der Waals surface area (Å²) in [5.74, 6) is -0.724. The van der Waals surface area contributed by atoms with E-state index in [0.717, 1.165) is 51.4 Å². The summed E-state index contributed by atoms with van der Waals surface area (Å²) >= 11 is 0. The lowest BCUT2D eigenvalue weighted by Gasteiger charge is -2.24. The van der Waals surface area contributed by atoms with Gasteiger partial charge in [0, 0.05) is 19.3 Å². The molecular weight excluding hydrogens is 790 g/mol. The van der Waals surface area contributed by atoms with E-state index in [9.17, 15) is 23.8 Å². The number of esters is 2. The lowest BCUT2D eigenvalue weighted by Crippen LogP contribution is -2.37. The molecule has 354 valence electrons. The van der Waals surface area contributed by atoms with Crippen LogP contribution in [0.5, 0.6) is 0 Å². The zero-order valence-electron chi connectivity index (χ0n) is 39.6. The molecule has 1 unspecified atom stereocenters. The molecule has 0 rings (SSSR count). The average molecular weight is 881 g/mol. The van der Waals surface area contributed by atoms with Crippen molar-refractivity contribution >= 4 is 25.5 Å². The summed E-state index contributed by atoms with van der Waals surface area (Å²) in [4.78, 5) is 47.2. The van der Waals surface area contributed by atoms with Gasteiger partial charge >= 0.3 is 19.8 Å². The van der Waals surface area contributed by atoms with Crippen molar-refractivity contribution in [3.8, 4) is 0 Å². The summed E-state index contributed by atoms with van der Waals surface area (Å²) in [6.45, 7) is 4.19. The third-order valence-electron chi connectivity index (χ3n) is 10.3. The monoisotopic (exact) mass is 881 g/mol. The Labute approximate surface area is 373 Å². The molecule has 0 aliphatic carbocycles. The van der Waals surface area contributed by atoms with Crippen LogP contribution >= 0.6 is 7.82 Å². The lowest BCUT2D eigenvalue weighted by molar-refractivity contribution is -0.870. The number of carbonyl (C=O) groups is 3. The number of rotatable bonds is 44. The number of quaternary nitrogens is 1. The Balaban J connectivity index is 4.39. The zero-order valence-corrected chi connectivity index (χ0v) is 40.5. The molecule has 0 aromatic rings. The standard InChI is InChI=1S/C50H90NO9P/c1-6-8-10-11-12-13-14-15-16-17-18-19-20-21-24-27-30-33-37-41-49(53)57-45-48(46-59-61(55,56)58-44-43-51(3,4)5)60-50(54)42-38-34-31-28-25-22-23-26-29-32-36-40-47(52)39-35-9-7-2/h22-23,28-29,31-32,36,40,48H,6-21,24-27,30,33-35,37-39,41-46H2,1-5H3/p+1/b23-22-,31-28-,32-29-,40-36+/t48-/m1/s1. The summed E-state index contributed by atoms with van der Waals surface area (Å²) in [5, 5.41) is 0. The lowest BCUT2D eigenvalue weighted by atomic mass is 10.0. The van der Waals surface area contributed by atoms with Crippen LogP contribution in [0, 0.1) is 0 Å². The fraction of sp³-hybridized carbons (Fsp3) is 0.780. The molecule has 1 N–H and O–H groups in total. The van der Waals surface area contributed by atoms with Gasteiger partial charge in [-0.1, -0.05) is 185 Å². The van der Waals surface area contributed by atoms with Gasteiger partial charge in [-0.2, -0.15) is 0 Å². The summed E-state index contributed by atoms with van der Waals surface area (Å²) in [6.07, 6.45) is 45.8. The van der Waals surface area contributed by atoms with E-state index in [4.69, 9.17) is 18.5 Å². The number of ether oxygens (including phenoxy) is 2. The highest BCUT2D eigenvalue weighted by Gasteiger charge is 2.27. The predicted molar refractivity (Wildman–Crippen MR) is 252 cm³/mol. The minimum Gasteiger partial charge on any atom is -0.462 e. The van der Waals surface area contributed by atoms with E-state index in [-0.39, 0.29) is 31.8 Å². The Bertz CT molecular complexity index is 1240. The van der Waals surface area contributed by atoms with Crippen LogP contribution in [-0.4, -0.2) is 80.7 Å². The van der Waals surface area contributed by atoms with Gasteiger partial charge in [0.25, 0.3) is 0 Å². The van der Waals surface area contributed by atoms with E-state index in [1.165, 1.54) is 103 Å². The third kappa shape index (κ3) is 45.5. The molecule has 0 aromatic heterocycles. The van der Waals surface area contributed by atoms with Crippen molar-refractivity contribution in [2.75, 3.05) is 47.5 Å². The van der Waals surface area contributed by atoms with Gasteiger partial charge in [0.05, 0.1) is 27.7 Å². The summed E-state index contributed by atoms with van der Waals surface area (Å²) in [7, 11) is 1.41. The molecule has 0 saturated heterocycles. The third-order valence-corrected chi connectivity index (χ3v) is 11.3. The second kappa shape index (κ2) is 41.6. The van der Waals surface area contributed by atoms with Crippen molar-refractivity contribution in [3.05, 3.63) is 48.6 Å². The van der Waals surface area contributed by atoms with Gasteiger partial charge in [0.15, 0.2) is 11.9 Å². The van der Waals surface area contributed by atoms with Gasteiger partial charge in [-0.25, -0.2) is 4.57 Å². The molecule has 0 radical (unpaired) electrons. The van der Waals surface area contributed by atoms with Gasteiger partial charge in [0.1, 0.15) is 19.8 Å². The Morgan fingerprint density at radius 1 is 0.557 bits per heavy atom. The molecule has 2 atom stereocenters. The molecule has 0 aliphatic heterocycles. The van der Waals surface area contributed by atoms with Crippen LogP contribution in [0.4, 0.5) is 0 Å². The molecular formula is C50H91NO9P+. The Morgan fingerprint density at radius 2 is 1.03 bits per heavy atom. The van der Waals surface area contributed by atoms with E-state index in [0.29, 0.717) is 30.3 Å². The van der Waals surface area contributed by atoms with Crippen molar-refractivity contribution in [3.63, 3.8) is 0 Å². The first-order valence-corrected chi connectivity index (χ1v) is 25.8. The minimum atomic E-state index is -4.41. The molecule has 0 amide bonds. The van der Waals surface area contributed by atoms with Crippen LogP contribution in [0.2, 0.25) is 0 Å². The normalized spacial score (nSPS) is 13.8. The number of likely N-dealkylation sites (N-methyl/N-ethyl adjacent to an activating group) is 1. The molecule has 0 bridgehead atoms. The predicted octanol–water partition coefficient (Wildman–Crippen LogP) is 13.4. The zero-order chi connectivity index (χ0) is 45.1. The highest BCUT2D eigenvalue weighted by Crippen LogP contribution is 2.43. The SMILES string of the molecule is CCCCCCCCCCCCCCCCCCCCCC(=O)OC[C@H](COP(=O)(O)OCC[N+](C)(C)C)OC(=O)CCC/C=C\C/C=C\C/C=C\C=C\C(=O)CCCCC. The fourth-order valence-electron chi connectivity index (χ4n) is 6.49. The number of phosphoric acid groups is 1. The minimum absolute atomic E-state index is 0.0105. The summed E-state index contributed by atoms with van der Waals surface area (Å²) in [5.41, 5.74) is 0. The van der Waals surface area contributed by atoms with Gasteiger partial charge < -0.3 is 18.9 Å². The number of carbonyl (C=O) groups excluding carboxylic acids is 3. The summed E-state index contributed by atoms with van der Waals surface area (Å²) in [6, 6.07) is 0. The van der Waals surface area contributed by atoms with Crippen LogP contribution in [0.1, 0.15) is 200 Å². The average Bonchev–Trinajstić information content (AvgIpc) is 3.21. The van der Waals surface area contributed by atoms with Crippen LogP contribution in [-0.2, 0) is 37.5 Å². The topological polar surface area (TPSA) is 125 Å². The number of hydrogen-bond acceptors (Lipinski definition) is 8. The van der Waals surface area contributed by atoms with E-state index in [1.807, 2.05) is 45.4 Å². The molecule has 0 aromatic carbocycles. The maximum Gasteiger partial charge on any atom is 0.472 e. The quantitative estimate of drug-likeness (QED) is 0.0121. The first-order valence-electron chi connectivity index (χ1n) is 24.3. The molecule has 0 heterocycles. The van der Waals surface area contributed by atoms with E-state index >= 15 is 0 Å². The van der Waals surface area contributed by atoms with Crippen LogP contribution in [0.3, 0.4) is 0 Å². The first kappa shape index (κ1) is 58.6. The first-order chi connectivity index (χ1) is 29.4. The molecule has 11 heteroatoms. The second-order valence-corrected chi connectivity index (χ2v) is 19.0. The maximum absolute atomic E-state index is 12.7. The number of nitrogens with zero attached hydrogens (tertiary/aromatic N) is 1. The molecule has 0 aliphatic rings. The van der Waals surface area contributed by atoms with Crippen molar-refractivity contribution < 1.29 is 46.8 Å². The van der Waals surface area contributed by atoms with E-state index in [2.05, 4.69) is 26.0 Å². The van der Waals surface area contributed by atoms with Crippen molar-refractivity contribution in [1.82, 2.24) is 0 Å². The van der Waals surface area contributed by atoms with E-state index < -0.39 is 32.5 Å². The number of ketones is 1. The fourth-order valence-corrected chi connectivity index (χ4v) is 7.23. The van der Waals surface area contributed by atoms with Crippen molar-refractivity contribution in [2.24, 2.45) is 0 Å². The second-order valence-electron chi connectivity index (χ2n) is 17.5. The van der Waals surface area contributed by atoms with Crippen molar-refractivity contribution in [2.45, 2.75) is 206 Å². The van der Waals surface area contributed by atoms with Crippen LogP contribution < -0.4 is 0 Å².